The summed E-state index contributed by atoms with van der Waals surface area (Å²) in [6.07, 6.45) is 7.06. The summed E-state index contributed by atoms with van der Waals surface area (Å²) in [4.78, 5) is 14.9. The third kappa shape index (κ3) is 2.86. The highest BCUT2D eigenvalue weighted by Crippen LogP contribution is 2.29. The van der Waals surface area contributed by atoms with Gasteiger partial charge < -0.3 is 15.0 Å². The van der Waals surface area contributed by atoms with Crippen molar-refractivity contribution in [3.05, 3.63) is 0 Å². The number of amides is 1. The SMILES string of the molecule is CCC1OCCC1C(=O)N1CCCC(C2CCCN2)C1. The fourth-order valence-corrected chi connectivity index (χ4v) is 4.22. The average molecular weight is 280 g/mol. The molecule has 4 heteroatoms. The van der Waals surface area contributed by atoms with Crippen LogP contribution in [-0.4, -0.2) is 49.2 Å². The minimum Gasteiger partial charge on any atom is -0.377 e. The van der Waals surface area contributed by atoms with Crippen LogP contribution in [0.4, 0.5) is 0 Å². The number of hydrogen-bond acceptors (Lipinski definition) is 3. The van der Waals surface area contributed by atoms with E-state index in [2.05, 4.69) is 17.1 Å². The van der Waals surface area contributed by atoms with Gasteiger partial charge in [-0.15, -0.1) is 0 Å². The largest absolute Gasteiger partial charge is 0.377 e. The van der Waals surface area contributed by atoms with Gasteiger partial charge in [-0.05, 0) is 51.0 Å². The van der Waals surface area contributed by atoms with Gasteiger partial charge in [0.05, 0.1) is 12.0 Å². The van der Waals surface area contributed by atoms with E-state index in [1.807, 2.05) is 0 Å². The van der Waals surface area contributed by atoms with Crippen LogP contribution in [0.1, 0.15) is 45.4 Å². The number of hydrogen-bond donors (Lipinski definition) is 1. The number of ether oxygens (including phenoxy) is 1. The minimum absolute atomic E-state index is 0.121. The highest BCUT2D eigenvalue weighted by Gasteiger charge is 2.38. The van der Waals surface area contributed by atoms with Crippen molar-refractivity contribution in [2.75, 3.05) is 26.2 Å². The lowest BCUT2D eigenvalue weighted by molar-refractivity contribution is -0.139. The maximum Gasteiger partial charge on any atom is 0.228 e. The first-order valence-corrected chi connectivity index (χ1v) is 8.43. The molecule has 0 bridgehead atoms. The smallest absolute Gasteiger partial charge is 0.228 e. The molecule has 4 unspecified atom stereocenters. The molecule has 3 aliphatic heterocycles. The lowest BCUT2D eigenvalue weighted by atomic mass is 9.88. The van der Waals surface area contributed by atoms with Gasteiger partial charge in [0, 0.05) is 25.7 Å². The predicted molar refractivity (Wildman–Crippen MR) is 78.5 cm³/mol. The summed E-state index contributed by atoms with van der Waals surface area (Å²) >= 11 is 0. The van der Waals surface area contributed by atoms with E-state index in [0.717, 1.165) is 39.1 Å². The van der Waals surface area contributed by atoms with Gasteiger partial charge in [0.2, 0.25) is 5.91 Å². The van der Waals surface area contributed by atoms with Crippen LogP contribution in [0.5, 0.6) is 0 Å². The standard InChI is InChI=1S/C16H28N2O2/c1-2-15-13(7-10-20-15)16(19)18-9-4-5-12(11-18)14-6-3-8-17-14/h12-15,17H,2-11H2,1H3. The van der Waals surface area contributed by atoms with Gasteiger partial charge in [-0.2, -0.15) is 0 Å². The third-order valence-corrected chi connectivity index (χ3v) is 5.37. The quantitative estimate of drug-likeness (QED) is 0.857. The highest BCUT2D eigenvalue weighted by atomic mass is 16.5. The molecule has 1 N–H and O–H groups in total. The Morgan fingerprint density at radius 3 is 2.95 bits per heavy atom. The Morgan fingerprint density at radius 2 is 2.20 bits per heavy atom. The van der Waals surface area contributed by atoms with Crippen molar-refractivity contribution in [2.24, 2.45) is 11.8 Å². The van der Waals surface area contributed by atoms with Crippen LogP contribution in [-0.2, 0) is 9.53 Å². The molecule has 3 saturated heterocycles. The zero-order valence-electron chi connectivity index (χ0n) is 12.6. The van der Waals surface area contributed by atoms with E-state index in [-0.39, 0.29) is 12.0 Å². The number of likely N-dealkylation sites (tertiary alicyclic amines) is 1. The summed E-state index contributed by atoms with van der Waals surface area (Å²) in [5.74, 6) is 1.14. The average Bonchev–Trinajstić information content (AvgIpc) is 3.17. The first-order valence-electron chi connectivity index (χ1n) is 8.43. The number of carbonyl (C=O) groups is 1. The molecule has 0 aromatic rings. The molecule has 4 nitrogen and oxygen atoms in total. The molecule has 20 heavy (non-hydrogen) atoms. The predicted octanol–water partition coefficient (Wildman–Crippen LogP) is 1.79. The van der Waals surface area contributed by atoms with Crippen LogP contribution >= 0.6 is 0 Å². The Labute approximate surface area is 122 Å². The number of nitrogens with one attached hydrogen (secondary N) is 1. The minimum atomic E-state index is 0.121. The molecule has 0 aromatic carbocycles. The fraction of sp³-hybridized carbons (Fsp3) is 0.938. The summed E-state index contributed by atoms with van der Waals surface area (Å²) in [5.41, 5.74) is 0. The second kappa shape index (κ2) is 6.44. The van der Waals surface area contributed by atoms with Crippen molar-refractivity contribution in [3.63, 3.8) is 0 Å². The lowest BCUT2D eigenvalue weighted by Gasteiger charge is -2.37. The molecule has 3 aliphatic rings. The van der Waals surface area contributed by atoms with Crippen molar-refractivity contribution in [1.82, 2.24) is 10.2 Å². The Balaban J connectivity index is 1.59. The molecule has 1 amide bonds. The van der Waals surface area contributed by atoms with E-state index in [0.29, 0.717) is 17.9 Å². The van der Waals surface area contributed by atoms with Gasteiger partial charge in [-0.25, -0.2) is 0 Å². The number of nitrogens with zero attached hydrogens (tertiary/aromatic N) is 1. The topological polar surface area (TPSA) is 41.6 Å². The van der Waals surface area contributed by atoms with E-state index in [4.69, 9.17) is 4.74 Å². The van der Waals surface area contributed by atoms with Crippen molar-refractivity contribution < 1.29 is 9.53 Å². The van der Waals surface area contributed by atoms with Crippen LogP contribution in [0, 0.1) is 11.8 Å². The molecule has 3 rings (SSSR count). The lowest BCUT2D eigenvalue weighted by Crippen LogP contribution is -2.48. The van der Waals surface area contributed by atoms with E-state index >= 15 is 0 Å². The van der Waals surface area contributed by atoms with Gasteiger partial charge in [-0.3, -0.25) is 4.79 Å². The van der Waals surface area contributed by atoms with E-state index in [9.17, 15) is 4.79 Å². The Kier molecular flexibility index (Phi) is 4.61. The second-order valence-electron chi connectivity index (χ2n) is 6.60. The summed E-state index contributed by atoms with van der Waals surface area (Å²) in [6.45, 7) is 5.95. The van der Waals surface area contributed by atoms with Gasteiger partial charge in [0.15, 0.2) is 0 Å². The second-order valence-corrected chi connectivity index (χ2v) is 6.60. The van der Waals surface area contributed by atoms with Crippen LogP contribution in [0.15, 0.2) is 0 Å². The molecule has 4 atom stereocenters. The van der Waals surface area contributed by atoms with Gasteiger partial charge >= 0.3 is 0 Å². The van der Waals surface area contributed by atoms with Gasteiger partial charge in [0.1, 0.15) is 0 Å². The number of carbonyl (C=O) groups excluding carboxylic acids is 1. The van der Waals surface area contributed by atoms with E-state index < -0.39 is 0 Å². The monoisotopic (exact) mass is 280 g/mol. The molecule has 0 aromatic heterocycles. The van der Waals surface area contributed by atoms with Gasteiger partial charge in [-0.1, -0.05) is 6.92 Å². The van der Waals surface area contributed by atoms with E-state index in [1.54, 1.807) is 0 Å². The van der Waals surface area contributed by atoms with Crippen molar-refractivity contribution in [3.8, 4) is 0 Å². The van der Waals surface area contributed by atoms with Crippen LogP contribution in [0.25, 0.3) is 0 Å². The van der Waals surface area contributed by atoms with Crippen LogP contribution in [0.2, 0.25) is 0 Å². The molecule has 3 heterocycles. The summed E-state index contributed by atoms with van der Waals surface area (Å²) < 4.78 is 5.69. The Bertz CT molecular complexity index is 341. The van der Waals surface area contributed by atoms with Gasteiger partial charge in [0.25, 0.3) is 0 Å². The normalized spacial score (nSPS) is 38.4. The molecular weight excluding hydrogens is 252 g/mol. The molecule has 3 fully saturated rings. The highest BCUT2D eigenvalue weighted by molar-refractivity contribution is 5.79. The van der Waals surface area contributed by atoms with Crippen LogP contribution < -0.4 is 5.32 Å². The maximum absolute atomic E-state index is 12.8. The molecule has 0 spiro atoms. The molecule has 0 saturated carbocycles. The molecule has 0 radical (unpaired) electrons. The first-order chi connectivity index (χ1) is 9.79. The molecular formula is C16H28N2O2. The van der Waals surface area contributed by atoms with Crippen LogP contribution in [0.3, 0.4) is 0 Å². The number of rotatable bonds is 3. The Morgan fingerprint density at radius 1 is 1.30 bits per heavy atom. The fourth-order valence-electron chi connectivity index (χ4n) is 4.22. The first kappa shape index (κ1) is 14.3. The number of piperidine rings is 1. The Hall–Kier alpha value is -0.610. The zero-order valence-corrected chi connectivity index (χ0v) is 12.6. The summed E-state index contributed by atoms with van der Waals surface area (Å²) in [5, 5.41) is 3.61. The zero-order chi connectivity index (χ0) is 13.9. The third-order valence-electron chi connectivity index (χ3n) is 5.37. The maximum atomic E-state index is 12.8. The van der Waals surface area contributed by atoms with E-state index in [1.165, 1.54) is 25.7 Å². The molecule has 0 aliphatic carbocycles. The molecule has 114 valence electrons. The van der Waals surface area contributed by atoms with Crippen molar-refractivity contribution in [2.45, 2.75) is 57.6 Å². The van der Waals surface area contributed by atoms with Crippen molar-refractivity contribution >= 4 is 5.91 Å². The van der Waals surface area contributed by atoms with Crippen molar-refractivity contribution in [1.29, 1.82) is 0 Å². The summed E-state index contributed by atoms with van der Waals surface area (Å²) in [6, 6.07) is 0.646. The summed E-state index contributed by atoms with van der Waals surface area (Å²) in [7, 11) is 0.